The molecule has 1 aromatic heterocycles. The Hall–Kier alpha value is -2.44. The third kappa shape index (κ3) is 5.04. The van der Waals surface area contributed by atoms with E-state index in [1.807, 2.05) is 18.2 Å². The minimum absolute atomic E-state index is 0.0266. The molecule has 7 nitrogen and oxygen atoms in total. The molecule has 0 atom stereocenters. The lowest BCUT2D eigenvalue weighted by Crippen LogP contribution is -2.45. The van der Waals surface area contributed by atoms with Crippen LogP contribution in [0.15, 0.2) is 24.4 Å². The first-order chi connectivity index (χ1) is 11.5. The van der Waals surface area contributed by atoms with Crippen molar-refractivity contribution >= 4 is 17.8 Å². The zero-order valence-electron chi connectivity index (χ0n) is 13.9. The fraction of sp³-hybridized carbons (Fsp3) is 0.529. The molecule has 1 N–H and O–H groups in total. The number of piperidine rings is 1. The Morgan fingerprint density at radius 3 is 2.58 bits per heavy atom. The number of nitrogens with zero attached hydrogens (tertiary/aromatic N) is 3. The SMILES string of the molecule is CN(CC(=O)N1CCC(C(=O)O)CC1)C(=O)CCc1ccccn1. The van der Waals surface area contributed by atoms with Gasteiger partial charge >= 0.3 is 5.97 Å². The first-order valence-corrected chi connectivity index (χ1v) is 8.12. The molecule has 0 spiro atoms. The predicted molar refractivity (Wildman–Crippen MR) is 87.1 cm³/mol. The molecule has 0 aromatic carbocycles. The Kier molecular flexibility index (Phi) is 6.28. The number of carboxylic acids is 1. The topological polar surface area (TPSA) is 90.8 Å². The Morgan fingerprint density at radius 2 is 2.00 bits per heavy atom. The number of aromatic nitrogens is 1. The molecule has 2 heterocycles. The summed E-state index contributed by atoms with van der Waals surface area (Å²) in [6, 6.07) is 5.56. The highest BCUT2D eigenvalue weighted by Gasteiger charge is 2.27. The van der Waals surface area contributed by atoms with E-state index in [9.17, 15) is 14.4 Å². The first-order valence-electron chi connectivity index (χ1n) is 8.12. The van der Waals surface area contributed by atoms with Crippen LogP contribution in [0, 0.1) is 5.92 Å². The summed E-state index contributed by atoms with van der Waals surface area (Å²) >= 11 is 0. The standard InChI is InChI=1S/C17H23N3O4/c1-19(15(21)6-5-14-4-2-3-9-18-14)12-16(22)20-10-7-13(8-11-20)17(23)24/h2-4,9,13H,5-8,10-12H2,1H3,(H,23,24). The van der Waals surface area contributed by atoms with Crippen LogP contribution >= 0.6 is 0 Å². The molecule has 0 saturated carbocycles. The van der Waals surface area contributed by atoms with Gasteiger partial charge in [-0.15, -0.1) is 0 Å². The Labute approximate surface area is 141 Å². The number of hydrogen-bond acceptors (Lipinski definition) is 4. The van der Waals surface area contributed by atoms with Crippen molar-refractivity contribution < 1.29 is 19.5 Å². The minimum Gasteiger partial charge on any atom is -0.481 e. The van der Waals surface area contributed by atoms with Gasteiger partial charge in [-0.05, 0) is 31.4 Å². The van der Waals surface area contributed by atoms with Gasteiger partial charge in [0.25, 0.3) is 0 Å². The maximum Gasteiger partial charge on any atom is 0.306 e. The average Bonchev–Trinajstić information content (AvgIpc) is 2.60. The second-order valence-electron chi connectivity index (χ2n) is 6.06. The largest absolute Gasteiger partial charge is 0.481 e. The van der Waals surface area contributed by atoms with Crippen LogP contribution in [0.3, 0.4) is 0 Å². The maximum absolute atomic E-state index is 12.2. The van der Waals surface area contributed by atoms with Gasteiger partial charge in [0.05, 0.1) is 12.5 Å². The smallest absolute Gasteiger partial charge is 0.306 e. The van der Waals surface area contributed by atoms with E-state index in [4.69, 9.17) is 5.11 Å². The fourth-order valence-electron chi connectivity index (χ4n) is 2.74. The second-order valence-corrected chi connectivity index (χ2v) is 6.06. The van der Waals surface area contributed by atoms with E-state index in [1.165, 1.54) is 4.90 Å². The van der Waals surface area contributed by atoms with Gasteiger partial charge in [-0.1, -0.05) is 6.07 Å². The van der Waals surface area contributed by atoms with Crippen molar-refractivity contribution in [1.82, 2.24) is 14.8 Å². The van der Waals surface area contributed by atoms with E-state index in [0.717, 1.165) is 5.69 Å². The highest BCUT2D eigenvalue weighted by Crippen LogP contribution is 2.17. The van der Waals surface area contributed by atoms with Gasteiger partial charge in [-0.2, -0.15) is 0 Å². The lowest BCUT2D eigenvalue weighted by molar-refractivity contribution is -0.146. The van der Waals surface area contributed by atoms with Crippen LogP contribution in [-0.4, -0.2) is 64.4 Å². The summed E-state index contributed by atoms with van der Waals surface area (Å²) in [5, 5.41) is 8.97. The van der Waals surface area contributed by atoms with Crippen molar-refractivity contribution in [2.75, 3.05) is 26.7 Å². The minimum atomic E-state index is -0.802. The molecule has 130 valence electrons. The van der Waals surface area contributed by atoms with Crippen molar-refractivity contribution in [3.8, 4) is 0 Å². The van der Waals surface area contributed by atoms with Crippen LogP contribution in [0.1, 0.15) is 25.0 Å². The molecule has 0 unspecified atom stereocenters. The molecule has 7 heteroatoms. The number of carbonyl (C=O) groups is 3. The molecule has 2 rings (SSSR count). The maximum atomic E-state index is 12.2. The summed E-state index contributed by atoms with van der Waals surface area (Å²) in [6.45, 7) is 0.899. The van der Waals surface area contributed by atoms with Crippen LogP contribution in [0.25, 0.3) is 0 Å². The van der Waals surface area contributed by atoms with Gasteiger partial charge in [0.2, 0.25) is 11.8 Å². The van der Waals surface area contributed by atoms with Gasteiger partial charge < -0.3 is 14.9 Å². The molecule has 1 aliphatic rings. The molecule has 0 bridgehead atoms. The van der Waals surface area contributed by atoms with E-state index in [1.54, 1.807) is 18.1 Å². The molecule has 24 heavy (non-hydrogen) atoms. The van der Waals surface area contributed by atoms with Gasteiger partial charge in [0.1, 0.15) is 0 Å². The van der Waals surface area contributed by atoms with Crippen LogP contribution in [0.2, 0.25) is 0 Å². The number of likely N-dealkylation sites (N-methyl/N-ethyl adjacent to an activating group) is 1. The van der Waals surface area contributed by atoms with E-state index in [2.05, 4.69) is 4.98 Å². The number of hydrogen-bond donors (Lipinski definition) is 1. The number of aliphatic carboxylic acids is 1. The van der Waals surface area contributed by atoms with Crippen molar-refractivity contribution in [2.45, 2.75) is 25.7 Å². The summed E-state index contributed by atoms with van der Waals surface area (Å²) in [6.07, 6.45) is 3.48. The lowest BCUT2D eigenvalue weighted by atomic mass is 9.97. The summed E-state index contributed by atoms with van der Waals surface area (Å²) < 4.78 is 0. The van der Waals surface area contributed by atoms with Gasteiger partial charge in [-0.25, -0.2) is 0 Å². The summed E-state index contributed by atoms with van der Waals surface area (Å²) in [7, 11) is 1.61. The monoisotopic (exact) mass is 333 g/mol. The van der Waals surface area contributed by atoms with Crippen molar-refractivity contribution in [3.05, 3.63) is 30.1 Å². The molecule has 1 aliphatic heterocycles. The quantitative estimate of drug-likeness (QED) is 0.831. The van der Waals surface area contributed by atoms with E-state index in [-0.39, 0.29) is 24.3 Å². The molecule has 1 fully saturated rings. The lowest BCUT2D eigenvalue weighted by Gasteiger charge is -2.31. The third-order valence-electron chi connectivity index (χ3n) is 4.32. The number of carbonyl (C=O) groups excluding carboxylic acids is 2. The molecular weight excluding hydrogens is 310 g/mol. The van der Waals surface area contributed by atoms with Gasteiger partial charge in [0.15, 0.2) is 0 Å². The third-order valence-corrected chi connectivity index (χ3v) is 4.32. The summed E-state index contributed by atoms with van der Waals surface area (Å²) in [5.41, 5.74) is 0.848. The van der Waals surface area contributed by atoms with Gasteiger partial charge in [0, 0.05) is 38.4 Å². The number of rotatable bonds is 6. The molecule has 1 saturated heterocycles. The number of amides is 2. The Morgan fingerprint density at radius 1 is 1.29 bits per heavy atom. The number of aryl methyl sites for hydroxylation is 1. The summed E-state index contributed by atoms with van der Waals surface area (Å²) in [5.74, 6) is -1.40. The van der Waals surface area contributed by atoms with Crippen LogP contribution < -0.4 is 0 Å². The highest BCUT2D eigenvalue weighted by molar-refractivity contribution is 5.85. The number of carboxylic acid groups (broad SMARTS) is 1. The van der Waals surface area contributed by atoms with E-state index >= 15 is 0 Å². The molecule has 2 amide bonds. The first kappa shape index (κ1) is 17.9. The predicted octanol–water partition coefficient (Wildman–Crippen LogP) is 0.796. The van der Waals surface area contributed by atoms with Crippen molar-refractivity contribution in [2.24, 2.45) is 5.92 Å². The van der Waals surface area contributed by atoms with Crippen molar-refractivity contribution in [3.63, 3.8) is 0 Å². The number of pyridine rings is 1. The molecule has 1 aromatic rings. The molecule has 0 radical (unpaired) electrons. The zero-order chi connectivity index (χ0) is 17.5. The fourth-order valence-corrected chi connectivity index (χ4v) is 2.74. The average molecular weight is 333 g/mol. The van der Waals surface area contributed by atoms with Crippen LogP contribution in [0.5, 0.6) is 0 Å². The molecular formula is C17H23N3O4. The van der Waals surface area contributed by atoms with Crippen LogP contribution in [0.4, 0.5) is 0 Å². The Bertz CT molecular complexity index is 583. The van der Waals surface area contributed by atoms with Crippen molar-refractivity contribution in [1.29, 1.82) is 0 Å². The van der Waals surface area contributed by atoms with E-state index < -0.39 is 5.97 Å². The van der Waals surface area contributed by atoms with Gasteiger partial charge in [-0.3, -0.25) is 19.4 Å². The number of likely N-dealkylation sites (tertiary alicyclic amines) is 1. The second kappa shape index (κ2) is 8.42. The normalized spacial score (nSPS) is 15.1. The highest BCUT2D eigenvalue weighted by atomic mass is 16.4. The van der Waals surface area contributed by atoms with Crippen LogP contribution in [-0.2, 0) is 20.8 Å². The zero-order valence-corrected chi connectivity index (χ0v) is 13.9. The summed E-state index contributed by atoms with van der Waals surface area (Å²) in [4.78, 5) is 42.5. The Balaban J connectivity index is 1.75. The molecule has 0 aliphatic carbocycles. The van der Waals surface area contributed by atoms with E-state index in [0.29, 0.717) is 38.8 Å².